The molecule has 1 heterocycles. The van der Waals surface area contributed by atoms with Gasteiger partial charge in [-0.3, -0.25) is 4.79 Å². The third-order valence-electron chi connectivity index (χ3n) is 3.86. The van der Waals surface area contributed by atoms with Crippen molar-refractivity contribution in [1.82, 2.24) is 0 Å². The molecule has 0 aliphatic rings. The smallest absolute Gasteiger partial charge is 0.196 e. The van der Waals surface area contributed by atoms with Gasteiger partial charge in [-0.15, -0.1) is 0 Å². The Morgan fingerprint density at radius 1 is 1.09 bits per heavy atom. The maximum atomic E-state index is 12.8. The van der Waals surface area contributed by atoms with E-state index in [1.807, 2.05) is 57.2 Å². The molecule has 2 aromatic carbocycles. The van der Waals surface area contributed by atoms with Crippen LogP contribution in [0.1, 0.15) is 28.4 Å². The van der Waals surface area contributed by atoms with Gasteiger partial charge in [-0.2, -0.15) is 0 Å². The molecule has 3 aromatic rings. The Morgan fingerprint density at radius 3 is 2.41 bits per heavy atom. The summed E-state index contributed by atoms with van der Waals surface area (Å²) in [6.07, 6.45) is 0. The van der Waals surface area contributed by atoms with E-state index >= 15 is 0 Å². The molecule has 1 unspecified atom stereocenters. The predicted molar refractivity (Wildman–Crippen MR) is 94.7 cm³/mol. The van der Waals surface area contributed by atoms with Crippen LogP contribution in [0, 0.1) is 13.8 Å². The van der Waals surface area contributed by atoms with Crippen LogP contribution in [0.2, 0.25) is 0 Å². The Kier molecular flexibility index (Phi) is 3.92. The van der Waals surface area contributed by atoms with Crippen LogP contribution in [0.3, 0.4) is 0 Å². The minimum absolute atomic E-state index is 0.0400. The van der Waals surface area contributed by atoms with Crippen molar-refractivity contribution in [3.8, 4) is 11.3 Å². The van der Waals surface area contributed by atoms with Crippen molar-refractivity contribution in [3.63, 3.8) is 0 Å². The van der Waals surface area contributed by atoms with Crippen molar-refractivity contribution in [1.29, 1.82) is 0 Å². The number of alkyl halides is 1. The summed E-state index contributed by atoms with van der Waals surface area (Å²) in [5.41, 5.74) is 4.35. The monoisotopic (exact) mass is 356 g/mol. The Bertz CT molecular complexity index is 893. The molecule has 0 aliphatic heterocycles. The molecule has 3 heteroatoms. The van der Waals surface area contributed by atoms with E-state index < -0.39 is 0 Å². The lowest BCUT2D eigenvalue weighted by Gasteiger charge is -2.12. The molecule has 3 rings (SSSR count). The Morgan fingerprint density at radius 2 is 1.77 bits per heavy atom. The zero-order valence-corrected chi connectivity index (χ0v) is 14.4. The van der Waals surface area contributed by atoms with E-state index in [2.05, 4.69) is 22.0 Å². The lowest BCUT2D eigenvalue weighted by molar-refractivity contribution is 0.609. The van der Waals surface area contributed by atoms with Crippen molar-refractivity contribution >= 4 is 26.9 Å². The topological polar surface area (TPSA) is 30.2 Å². The van der Waals surface area contributed by atoms with Crippen LogP contribution in [0.4, 0.5) is 0 Å². The van der Waals surface area contributed by atoms with Crippen molar-refractivity contribution < 1.29 is 4.42 Å². The molecule has 0 saturated carbocycles. The zero-order chi connectivity index (χ0) is 15.9. The maximum Gasteiger partial charge on any atom is 0.196 e. The normalized spacial score (nSPS) is 12.5. The van der Waals surface area contributed by atoms with E-state index in [0.717, 1.165) is 16.7 Å². The number of fused-ring (bicyclic) bond motifs is 1. The SMILES string of the molecule is Cc1cc(C(C)Br)c2oc(-c3ccccc3)c(C)c(=O)c2c1. The molecular formula is C19H17BrO2. The first-order chi connectivity index (χ1) is 10.5. The molecule has 22 heavy (non-hydrogen) atoms. The maximum absolute atomic E-state index is 12.8. The van der Waals surface area contributed by atoms with Crippen LogP contribution in [0.25, 0.3) is 22.3 Å². The molecular weight excluding hydrogens is 340 g/mol. The van der Waals surface area contributed by atoms with Crippen LogP contribution < -0.4 is 5.43 Å². The minimum atomic E-state index is 0.0400. The second-order valence-electron chi connectivity index (χ2n) is 5.60. The third kappa shape index (κ3) is 2.50. The zero-order valence-electron chi connectivity index (χ0n) is 12.8. The van der Waals surface area contributed by atoms with Gasteiger partial charge in [0.05, 0.1) is 5.39 Å². The minimum Gasteiger partial charge on any atom is -0.455 e. The van der Waals surface area contributed by atoms with E-state index in [-0.39, 0.29) is 10.3 Å². The summed E-state index contributed by atoms with van der Waals surface area (Å²) < 4.78 is 6.18. The molecule has 0 radical (unpaired) electrons. The second-order valence-corrected chi connectivity index (χ2v) is 6.97. The van der Waals surface area contributed by atoms with Crippen LogP contribution >= 0.6 is 15.9 Å². The van der Waals surface area contributed by atoms with Gasteiger partial charge < -0.3 is 4.42 Å². The molecule has 0 spiro atoms. The summed E-state index contributed by atoms with van der Waals surface area (Å²) in [6, 6.07) is 13.7. The van der Waals surface area contributed by atoms with E-state index in [1.165, 1.54) is 0 Å². The second kappa shape index (κ2) is 5.73. The summed E-state index contributed by atoms with van der Waals surface area (Å²) in [5, 5.41) is 0.651. The standard InChI is InChI=1S/C19H17BrO2/c1-11-9-15(13(3)20)19-16(10-11)17(21)12(2)18(22-19)14-7-5-4-6-8-14/h4-10,13H,1-3H3. The molecule has 0 bridgehead atoms. The molecule has 1 aromatic heterocycles. The van der Waals surface area contributed by atoms with E-state index in [9.17, 15) is 4.79 Å². The predicted octanol–water partition coefficient (Wildman–Crippen LogP) is 5.53. The van der Waals surface area contributed by atoms with Crippen molar-refractivity contribution in [2.24, 2.45) is 0 Å². The Labute approximate surface area is 137 Å². The van der Waals surface area contributed by atoms with E-state index in [0.29, 0.717) is 22.3 Å². The number of hydrogen-bond acceptors (Lipinski definition) is 2. The number of benzene rings is 2. The largest absolute Gasteiger partial charge is 0.455 e. The summed E-state index contributed by atoms with van der Waals surface area (Å²) in [4.78, 5) is 12.9. The first-order valence-electron chi connectivity index (χ1n) is 7.26. The van der Waals surface area contributed by atoms with Crippen LogP contribution in [-0.4, -0.2) is 0 Å². The quantitative estimate of drug-likeness (QED) is 0.564. The van der Waals surface area contributed by atoms with Gasteiger partial charge in [-0.1, -0.05) is 52.3 Å². The van der Waals surface area contributed by atoms with Crippen molar-refractivity contribution in [2.45, 2.75) is 25.6 Å². The summed E-state index contributed by atoms with van der Waals surface area (Å²) in [7, 11) is 0. The highest BCUT2D eigenvalue weighted by Gasteiger charge is 2.17. The highest BCUT2D eigenvalue weighted by atomic mass is 79.9. The number of halogens is 1. The number of aryl methyl sites for hydroxylation is 1. The van der Waals surface area contributed by atoms with Crippen LogP contribution in [0.5, 0.6) is 0 Å². The first kappa shape index (κ1) is 15.0. The highest BCUT2D eigenvalue weighted by Crippen LogP contribution is 2.33. The fourth-order valence-electron chi connectivity index (χ4n) is 2.73. The van der Waals surface area contributed by atoms with Gasteiger partial charge in [0.1, 0.15) is 11.3 Å². The molecule has 0 saturated heterocycles. The molecule has 2 nitrogen and oxygen atoms in total. The van der Waals surface area contributed by atoms with E-state index in [4.69, 9.17) is 4.42 Å². The van der Waals surface area contributed by atoms with Gasteiger partial charge in [0, 0.05) is 21.5 Å². The lowest BCUT2D eigenvalue weighted by Crippen LogP contribution is -2.09. The summed E-state index contributed by atoms with van der Waals surface area (Å²) in [6.45, 7) is 5.86. The average molecular weight is 357 g/mol. The molecule has 0 fully saturated rings. The highest BCUT2D eigenvalue weighted by molar-refractivity contribution is 9.09. The van der Waals surface area contributed by atoms with Crippen LogP contribution in [-0.2, 0) is 0 Å². The molecule has 0 aliphatic carbocycles. The van der Waals surface area contributed by atoms with Gasteiger partial charge in [0.25, 0.3) is 0 Å². The van der Waals surface area contributed by atoms with Gasteiger partial charge in [-0.25, -0.2) is 0 Å². The summed E-state index contributed by atoms with van der Waals surface area (Å²) >= 11 is 3.60. The molecule has 112 valence electrons. The molecule has 0 N–H and O–H groups in total. The Hall–Kier alpha value is -1.87. The Balaban J connectivity index is 2.43. The van der Waals surface area contributed by atoms with Gasteiger partial charge in [0.2, 0.25) is 0 Å². The van der Waals surface area contributed by atoms with Gasteiger partial charge in [-0.05, 0) is 32.4 Å². The van der Waals surface area contributed by atoms with Gasteiger partial charge in [0.15, 0.2) is 5.43 Å². The molecule has 1 atom stereocenters. The average Bonchev–Trinajstić information content (AvgIpc) is 2.51. The summed E-state index contributed by atoms with van der Waals surface area (Å²) in [5.74, 6) is 0.649. The van der Waals surface area contributed by atoms with Crippen LogP contribution in [0.15, 0.2) is 51.7 Å². The fraction of sp³-hybridized carbons (Fsp3) is 0.211. The first-order valence-corrected chi connectivity index (χ1v) is 8.18. The number of rotatable bonds is 2. The number of hydrogen-bond donors (Lipinski definition) is 0. The third-order valence-corrected chi connectivity index (χ3v) is 4.35. The van der Waals surface area contributed by atoms with Gasteiger partial charge >= 0.3 is 0 Å². The molecule has 0 amide bonds. The lowest BCUT2D eigenvalue weighted by atomic mass is 10.0. The fourth-order valence-corrected chi connectivity index (χ4v) is 3.07. The van der Waals surface area contributed by atoms with E-state index in [1.54, 1.807) is 0 Å². The van der Waals surface area contributed by atoms with Crippen molar-refractivity contribution in [2.75, 3.05) is 0 Å². The van der Waals surface area contributed by atoms with Crippen molar-refractivity contribution in [3.05, 3.63) is 69.4 Å².